The summed E-state index contributed by atoms with van der Waals surface area (Å²) >= 11 is 6.04. The number of rotatable bonds is 7. The highest BCUT2D eigenvalue weighted by Gasteiger charge is 2.17. The molecule has 0 unspecified atom stereocenters. The minimum absolute atomic E-state index is 0.280. The van der Waals surface area contributed by atoms with Crippen LogP contribution in [0.5, 0.6) is 11.5 Å². The zero-order chi connectivity index (χ0) is 19.1. The van der Waals surface area contributed by atoms with E-state index in [-0.39, 0.29) is 12.3 Å². The first-order chi connectivity index (χ1) is 12.4. The monoisotopic (exact) mass is 376 g/mol. The van der Waals surface area contributed by atoms with Gasteiger partial charge < -0.3 is 19.7 Å². The third-order valence-corrected chi connectivity index (χ3v) is 4.04. The Morgan fingerprint density at radius 3 is 2.35 bits per heavy atom. The number of methoxy groups -OCH3 is 2. The van der Waals surface area contributed by atoms with Crippen LogP contribution in [0.2, 0.25) is 5.02 Å². The van der Waals surface area contributed by atoms with Crippen molar-refractivity contribution in [2.45, 2.75) is 13.0 Å². The quantitative estimate of drug-likeness (QED) is 0.752. The number of benzene rings is 2. The molecule has 2 aromatic carbocycles. The zero-order valence-electron chi connectivity index (χ0n) is 14.9. The Bertz CT molecular complexity index is 781. The molecule has 0 bridgehead atoms. The number of carbonyl (C=O) groups is 2. The molecule has 0 saturated carbocycles. The van der Waals surface area contributed by atoms with Gasteiger partial charge in [0.1, 0.15) is 17.9 Å². The Labute approximate surface area is 157 Å². The van der Waals surface area contributed by atoms with Gasteiger partial charge in [0.2, 0.25) is 11.8 Å². The molecule has 0 aliphatic heterocycles. The predicted molar refractivity (Wildman–Crippen MR) is 101 cm³/mol. The molecule has 0 aromatic heterocycles. The van der Waals surface area contributed by atoms with Crippen LogP contribution in [0.1, 0.15) is 12.0 Å². The average Bonchev–Trinajstić information content (AvgIpc) is 2.63. The topological polar surface area (TPSA) is 67.9 Å². The van der Waals surface area contributed by atoms with Crippen LogP contribution in [-0.4, -0.2) is 38.0 Å². The molecule has 0 radical (unpaired) electrons. The largest absolute Gasteiger partial charge is 0.495 e. The summed E-state index contributed by atoms with van der Waals surface area (Å²) in [4.78, 5) is 26.0. The second-order valence-corrected chi connectivity index (χ2v) is 6.05. The second-order valence-electron chi connectivity index (χ2n) is 5.65. The fourth-order valence-corrected chi connectivity index (χ4v) is 2.60. The summed E-state index contributed by atoms with van der Waals surface area (Å²) in [6.45, 7) is 0.436. The summed E-state index contributed by atoms with van der Waals surface area (Å²) in [6, 6.07) is 12.7. The molecule has 1 N–H and O–H groups in total. The third kappa shape index (κ3) is 5.13. The number of anilines is 1. The van der Waals surface area contributed by atoms with Crippen molar-refractivity contribution in [1.82, 2.24) is 4.90 Å². The highest BCUT2D eigenvalue weighted by Crippen LogP contribution is 2.35. The number of nitrogens with zero attached hydrogens (tertiary/aromatic N) is 1. The summed E-state index contributed by atoms with van der Waals surface area (Å²) in [5, 5.41) is 3.03. The van der Waals surface area contributed by atoms with E-state index in [0.29, 0.717) is 28.8 Å². The smallest absolute Gasteiger partial charge is 0.233 e. The van der Waals surface area contributed by atoms with Crippen molar-refractivity contribution in [3.63, 3.8) is 0 Å². The lowest BCUT2D eigenvalue weighted by Crippen LogP contribution is -2.30. The van der Waals surface area contributed by atoms with Gasteiger partial charge in [-0.3, -0.25) is 9.59 Å². The number of amides is 2. The van der Waals surface area contributed by atoms with Gasteiger partial charge in [-0.1, -0.05) is 41.9 Å². The maximum Gasteiger partial charge on any atom is 0.233 e. The van der Waals surface area contributed by atoms with E-state index in [0.717, 1.165) is 5.56 Å². The molecule has 0 spiro atoms. The Kier molecular flexibility index (Phi) is 6.86. The van der Waals surface area contributed by atoms with Gasteiger partial charge >= 0.3 is 0 Å². The summed E-state index contributed by atoms with van der Waals surface area (Å²) in [5.74, 6) is 0.0494. The summed E-state index contributed by atoms with van der Waals surface area (Å²) in [7, 11) is 4.60. The van der Waals surface area contributed by atoms with E-state index in [4.69, 9.17) is 21.1 Å². The molecular weight excluding hydrogens is 356 g/mol. The lowest BCUT2D eigenvalue weighted by Gasteiger charge is -2.18. The van der Waals surface area contributed by atoms with E-state index in [1.54, 1.807) is 19.2 Å². The van der Waals surface area contributed by atoms with Crippen molar-refractivity contribution < 1.29 is 19.1 Å². The molecule has 0 aliphatic carbocycles. The van der Waals surface area contributed by atoms with E-state index in [2.05, 4.69) is 5.32 Å². The lowest BCUT2D eigenvalue weighted by atomic mass is 10.2. The predicted octanol–water partition coefficient (Wildman–Crippen LogP) is 3.34. The molecule has 2 aromatic rings. The van der Waals surface area contributed by atoms with E-state index in [1.807, 2.05) is 30.3 Å². The van der Waals surface area contributed by atoms with Crippen LogP contribution in [0.15, 0.2) is 42.5 Å². The van der Waals surface area contributed by atoms with Gasteiger partial charge in [0.15, 0.2) is 0 Å². The van der Waals surface area contributed by atoms with Gasteiger partial charge in [-0.25, -0.2) is 0 Å². The molecule has 2 amide bonds. The second kappa shape index (κ2) is 9.10. The van der Waals surface area contributed by atoms with Crippen LogP contribution in [0.3, 0.4) is 0 Å². The Hall–Kier alpha value is -2.73. The minimum atomic E-state index is -0.447. The molecular formula is C19H21ClN2O4. The minimum Gasteiger partial charge on any atom is -0.495 e. The SMILES string of the molecule is COc1cc(NC(=O)CC(=O)N(C)Cc2ccccc2)c(OC)cc1Cl. The van der Waals surface area contributed by atoms with Crippen molar-refractivity contribution in [2.75, 3.05) is 26.6 Å². The van der Waals surface area contributed by atoms with Gasteiger partial charge in [-0.2, -0.15) is 0 Å². The van der Waals surface area contributed by atoms with Crippen LogP contribution < -0.4 is 14.8 Å². The average molecular weight is 377 g/mol. The van der Waals surface area contributed by atoms with E-state index in [9.17, 15) is 9.59 Å². The number of nitrogens with one attached hydrogen (secondary N) is 1. The standard InChI is InChI=1S/C19H21ClN2O4/c1-22(12-13-7-5-4-6-8-13)19(24)11-18(23)21-15-10-16(25-2)14(20)9-17(15)26-3/h4-10H,11-12H2,1-3H3,(H,21,23). The Balaban J connectivity index is 2.00. The number of halogens is 1. The van der Waals surface area contributed by atoms with Crippen molar-refractivity contribution in [2.24, 2.45) is 0 Å². The number of hydrogen-bond acceptors (Lipinski definition) is 4. The normalized spacial score (nSPS) is 10.2. The maximum atomic E-state index is 12.3. The number of carbonyl (C=O) groups excluding carboxylic acids is 2. The summed E-state index contributed by atoms with van der Waals surface area (Å²) < 4.78 is 10.3. The first kappa shape index (κ1) is 19.6. The van der Waals surface area contributed by atoms with E-state index in [1.165, 1.54) is 19.1 Å². The van der Waals surface area contributed by atoms with Crippen molar-refractivity contribution >= 4 is 29.1 Å². The van der Waals surface area contributed by atoms with Crippen LogP contribution in [0, 0.1) is 0 Å². The molecule has 26 heavy (non-hydrogen) atoms. The van der Waals surface area contributed by atoms with E-state index < -0.39 is 5.91 Å². The van der Waals surface area contributed by atoms with Crippen LogP contribution in [-0.2, 0) is 16.1 Å². The number of hydrogen-bond donors (Lipinski definition) is 1. The van der Waals surface area contributed by atoms with Gasteiger partial charge in [0.25, 0.3) is 0 Å². The van der Waals surface area contributed by atoms with Crippen LogP contribution >= 0.6 is 11.6 Å². The highest BCUT2D eigenvalue weighted by molar-refractivity contribution is 6.32. The molecule has 0 atom stereocenters. The van der Waals surface area contributed by atoms with Crippen molar-refractivity contribution in [3.8, 4) is 11.5 Å². The van der Waals surface area contributed by atoms with Gasteiger partial charge in [-0.15, -0.1) is 0 Å². The molecule has 138 valence electrons. The van der Waals surface area contributed by atoms with Crippen molar-refractivity contribution in [3.05, 3.63) is 53.1 Å². The maximum absolute atomic E-state index is 12.3. The van der Waals surface area contributed by atoms with Crippen molar-refractivity contribution in [1.29, 1.82) is 0 Å². The molecule has 0 heterocycles. The molecule has 2 rings (SSSR count). The van der Waals surface area contributed by atoms with Gasteiger partial charge in [0.05, 0.1) is 24.9 Å². The molecule has 0 fully saturated rings. The zero-order valence-corrected chi connectivity index (χ0v) is 15.7. The third-order valence-electron chi connectivity index (χ3n) is 3.75. The van der Waals surface area contributed by atoms with Crippen LogP contribution in [0.4, 0.5) is 5.69 Å². The lowest BCUT2D eigenvalue weighted by molar-refractivity contribution is -0.134. The Morgan fingerprint density at radius 2 is 1.73 bits per heavy atom. The molecule has 6 nitrogen and oxygen atoms in total. The van der Waals surface area contributed by atoms with E-state index >= 15 is 0 Å². The fraction of sp³-hybridized carbons (Fsp3) is 0.263. The fourth-order valence-electron chi connectivity index (χ4n) is 2.37. The van der Waals surface area contributed by atoms with Gasteiger partial charge in [0, 0.05) is 25.7 Å². The molecule has 0 saturated heterocycles. The Morgan fingerprint density at radius 1 is 1.08 bits per heavy atom. The first-order valence-corrected chi connectivity index (χ1v) is 8.31. The molecule has 0 aliphatic rings. The number of ether oxygens (including phenoxy) is 2. The summed E-state index contributed by atoms with van der Waals surface area (Å²) in [6.07, 6.45) is -0.280. The van der Waals surface area contributed by atoms with Gasteiger partial charge in [-0.05, 0) is 5.56 Å². The summed E-state index contributed by atoms with van der Waals surface area (Å²) in [5.41, 5.74) is 1.38. The molecule has 7 heteroatoms. The highest BCUT2D eigenvalue weighted by atomic mass is 35.5. The van der Waals surface area contributed by atoms with Crippen LogP contribution in [0.25, 0.3) is 0 Å². The first-order valence-electron chi connectivity index (χ1n) is 7.94.